The number of aromatic nitrogens is 2. The SMILES string of the molecule is Clc1ccc(-c2cn3cc(Br)ccc3n2)cc1.I. The summed E-state index contributed by atoms with van der Waals surface area (Å²) in [4.78, 5) is 4.55. The van der Waals surface area contributed by atoms with E-state index in [1.807, 2.05) is 53.2 Å². The number of fused-ring (bicyclic) bond motifs is 1. The van der Waals surface area contributed by atoms with Crippen molar-refractivity contribution in [3.05, 3.63) is 58.3 Å². The quantitative estimate of drug-likeness (QED) is 0.490. The van der Waals surface area contributed by atoms with Crippen molar-refractivity contribution in [2.75, 3.05) is 0 Å². The first-order valence-corrected chi connectivity index (χ1v) is 6.30. The number of rotatable bonds is 1. The second kappa shape index (κ2) is 5.59. The van der Waals surface area contributed by atoms with Crippen LogP contribution in [0.25, 0.3) is 16.9 Å². The predicted molar refractivity (Wildman–Crippen MR) is 88.8 cm³/mol. The van der Waals surface area contributed by atoms with E-state index < -0.39 is 0 Å². The van der Waals surface area contributed by atoms with Crippen molar-refractivity contribution in [3.8, 4) is 11.3 Å². The van der Waals surface area contributed by atoms with Gasteiger partial charge in [0.05, 0.1) is 5.69 Å². The van der Waals surface area contributed by atoms with E-state index >= 15 is 0 Å². The molecule has 3 aromatic rings. The van der Waals surface area contributed by atoms with Gasteiger partial charge in [0.25, 0.3) is 0 Å². The molecule has 0 unspecified atom stereocenters. The topological polar surface area (TPSA) is 17.3 Å². The van der Waals surface area contributed by atoms with Crippen LogP contribution in [0.1, 0.15) is 0 Å². The second-order valence-corrected chi connectivity index (χ2v) is 5.10. The Morgan fingerprint density at radius 1 is 1.00 bits per heavy atom. The van der Waals surface area contributed by atoms with E-state index in [1.165, 1.54) is 0 Å². The van der Waals surface area contributed by atoms with Crippen molar-refractivity contribution in [1.29, 1.82) is 0 Å². The average Bonchev–Trinajstić information content (AvgIpc) is 2.72. The van der Waals surface area contributed by atoms with Gasteiger partial charge in [-0.25, -0.2) is 4.98 Å². The van der Waals surface area contributed by atoms with E-state index in [2.05, 4.69) is 20.9 Å². The molecule has 0 fully saturated rings. The Balaban J connectivity index is 0.00000120. The number of pyridine rings is 1. The summed E-state index contributed by atoms with van der Waals surface area (Å²) in [5, 5.41) is 0.736. The molecular formula is C13H9BrClIN2. The van der Waals surface area contributed by atoms with Crippen molar-refractivity contribution in [1.82, 2.24) is 9.38 Å². The zero-order valence-corrected chi connectivity index (χ0v) is 13.8. The predicted octanol–water partition coefficient (Wildman–Crippen LogP) is 5.04. The Labute approximate surface area is 135 Å². The third-order valence-corrected chi connectivity index (χ3v) is 3.28. The Morgan fingerprint density at radius 3 is 2.44 bits per heavy atom. The molecule has 92 valence electrons. The van der Waals surface area contributed by atoms with Gasteiger partial charge in [-0.15, -0.1) is 24.0 Å². The Kier molecular flexibility index (Phi) is 4.29. The molecule has 0 aliphatic rings. The number of imidazole rings is 1. The lowest BCUT2D eigenvalue weighted by molar-refractivity contribution is 1.17. The molecule has 0 saturated carbocycles. The van der Waals surface area contributed by atoms with E-state index in [4.69, 9.17) is 11.6 Å². The van der Waals surface area contributed by atoms with E-state index in [-0.39, 0.29) is 24.0 Å². The summed E-state index contributed by atoms with van der Waals surface area (Å²) in [6.45, 7) is 0. The Bertz CT molecular complexity index is 679. The van der Waals surface area contributed by atoms with E-state index in [9.17, 15) is 0 Å². The average molecular weight is 435 g/mol. The van der Waals surface area contributed by atoms with Crippen LogP contribution in [0.4, 0.5) is 0 Å². The molecule has 5 heteroatoms. The number of halogens is 3. The first-order valence-electron chi connectivity index (χ1n) is 5.12. The third kappa shape index (κ3) is 2.70. The van der Waals surface area contributed by atoms with Gasteiger partial charge in [-0.3, -0.25) is 0 Å². The fourth-order valence-electron chi connectivity index (χ4n) is 1.72. The summed E-state index contributed by atoms with van der Waals surface area (Å²) < 4.78 is 3.03. The molecule has 0 radical (unpaired) electrons. The Morgan fingerprint density at radius 2 is 1.72 bits per heavy atom. The molecule has 0 atom stereocenters. The lowest BCUT2D eigenvalue weighted by atomic mass is 10.2. The zero-order valence-electron chi connectivity index (χ0n) is 9.18. The standard InChI is InChI=1S/C13H8BrClN2.HI/c14-10-3-6-13-16-12(8-17(13)7-10)9-1-4-11(15)5-2-9;/h1-8H;1H. The number of hydrogen-bond acceptors (Lipinski definition) is 1. The molecule has 0 aliphatic heterocycles. The van der Waals surface area contributed by atoms with Crippen molar-refractivity contribution < 1.29 is 0 Å². The van der Waals surface area contributed by atoms with E-state index in [1.54, 1.807) is 0 Å². The molecule has 3 rings (SSSR count). The molecule has 18 heavy (non-hydrogen) atoms. The summed E-state index contributed by atoms with van der Waals surface area (Å²) in [6, 6.07) is 11.6. The highest BCUT2D eigenvalue weighted by molar-refractivity contribution is 14.0. The smallest absolute Gasteiger partial charge is 0.137 e. The largest absolute Gasteiger partial charge is 0.305 e. The fourth-order valence-corrected chi connectivity index (χ4v) is 2.20. The van der Waals surface area contributed by atoms with Gasteiger partial charge in [0.2, 0.25) is 0 Å². The van der Waals surface area contributed by atoms with Crippen LogP contribution in [0.2, 0.25) is 5.02 Å². The van der Waals surface area contributed by atoms with Crippen LogP contribution in [0.15, 0.2) is 53.3 Å². The highest BCUT2D eigenvalue weighted by Crippen LogP contribution is 2.22. The van der Waals surface area contributed by atoms with E-state index in [0.29, 0.717) is 0 Å². The minimum absolute atomic E-state index is 0. The molecular weight excluding hydrogens is 426 g/mol. The van der Waals surface area contributed by atoms with Crippen LogP contribution >= 0.6 is 51.5 Å². The molecule has 2 aromatic heterocycles. The third-order valence-electron chi connectivity index (χ3n) is 2.55. The summed E-state index contributed by atoms with van der Waals surface area (Å²) in [7, 11) is 0. The number of hydrogen-bond donors (Lipinski definition) is 0. The zero-order chi connectivity index (χ0) is 11.8. The minimum Gasteiger partial charge on any atom is -0.305 e. The van der Waals surface area contributed by atoms with Gasteiger partial charge in [0, 0.05) is 27.5 Å². The maximum Gasteiger partial charge on any atom is 0.137 e. The van der Waals surface area contributed by atoms with Crippen LogP contribution in [0, 0.1) is 0 Å². The van der Waals surface area contributed by atoms with Gasteiger partial charge in [-0.1, -0.05) is 23.7 Å². The summed E-state index contributed by atoms with van der Waals surface area (Å²) in [6.07, 6.45) is 3.99. The van der Waals surface area contributed by atoms with Gasteiger partial charge in [0.15, 0.2) is 0 Å². The fraction of sp³-hybridized carbons (Fsp3) is 0. The van der Waals surface area contributed by atoms with Gasteiger partial charge in [0.1, 0.15) is 5.65 Å². The van der Waals surface area contributed by atoms with Crippen LogP contribution in [-0.4, -0.2) is 9.38 Å². The lowest BCUT2D eigenvalue weighted by Gasteiger charge is -1.95. The van der Waals surface area contributed by atoms with Crippen LogP contribution in [0.5, 0.6) is 0 Å². The van der Waals surface area contributed by atoms with Gasteiger partial charge < -0.3 is 4.40 Å². The van der Waals surface area contributed by atoms with Crippen molar-refractivity contribution >= 4 is 57.2 Å². The molecule has 2 heterocycles. The first kappa shape index (κ1) is 13.8. The molecule has 1 aromatic carbocycles. The highest BCUT2D eigenvalue weighted by atomic mass is 127. The van der Waals surface area contributed by atoms with Crippen molar-refractivity contribution in [3.63, 3.8) is 0 Å². The molecule has 0 aliphatic carbocycles. The number of benzene rings is 1. The molecule has 0 saturated heterocycles. The normalized spacial score (nSPS) is 10.3. The summed E-state index contributed by atoms with van der Waals surface area (Å²) in [5.74, 6) is 0. The van der Waals surface area contributed by atoms with Crippen LogP contribution in [0.3, 0.4) is 0 Å². The molecule has 0 bridgehead atoms. The molecule has 0 amide bonds. The highest BCUT2D eigenvalue weighted by Gasteiger charge is 2.04. The minimum atomic E-state index is 0. The lowest BCUT2D eigenvalue weighted by Crippen LogP contribution is -1.80. The van der Waals surface area contributed by atoms with Crippen LogP contribution in [-0.2, 0) is 0 Å². The maximum atomic E-state index is 5.87. The van der Waals surface area contributed by atoms with Gasteiger partial charge in [-0.2, -0.15) is 0 Å². The van der Waals surface area contributed by atoms with Crippen LogP contribution < -0.4 is 0 Å². The first-order chi connectivity index (χ1) is 8.22. The molecule has 0 N–H and O–H groups in total. The molecule has 0 spiro atoms. The molecule has 2 nitrogen and oxygen atoms in total. The van der Waals surface area contributed by atoms with Gasteiger partial charge in [-0.05, 0) is 40.2 Å². The number of nitrogens with zero attached hydrogens (tertiary/aromatic N) is 2. The summed E-state index contributed by atoms with van der Waals surface area (Å²) >= 11 is 9.31. The van der Waals surface area contributed by atoms with E-state index in [0.717, 1.165) is 26.4 Å². The van der Waals surface area contributed by atoms with Crippen molar-refractivity contribution in [2.45, 2.75) is 0 Å². The maximum absolute atomic E-state index is 5.87. The Hall–Kier alpha value is -0.590. The second-order valence-electron chi connectivity index (χ2n) is 3.75. The summed E-state index contributed by atoms with van der Waals surface area (Å²) in [5.41, 5.74) is 2.94. The van der Waals surface area contributed by atoms with Gasteiger partial charge >= 0.3 is 0 Å². The van der Waals surface area contributed by atoms with Crippen molar-refractivity contribution in [2.24, 2.45) is 0 Å². The monoisotopic (exact) mass is 434 g/mol.